The van der Waals surface area contributed by atoms with E-state index in [1.807, 2.05) is 13.8 Å². The minimum absolute atomic E-state index is 0.0625. The fraction of sp³-hybridized carbons (Fsp3) is 0.956. The standard InChI is InChI=1S/C45H87NO9Si/c1-12-14-16-18-20-22-24-26-28-30-32-50-40(38-35-52-44(7,8)53-38)41-39(46-36(3)47)37(55-56(10,11)43(4,5)6)34-45(49-9,54-41)42(48)51-33-31-29-27-25-23-21-19-17-15-13-2/h37-41H,12-35H2,1-11H3,(H,46,47)/t37-,38+,39+,40+,41+,45-/m0/s1. The minimum atomic E-state index is -2.44. The van der Waals surface area contributed by atoms with Crippen LogP contribution in [0.3, 0.4) is 0 Å². The normalized spacial score (nSPS) is 24.6. The molecule has 0 spiro atoms. The molecule has 0 aromatic rings. The molecular weight excluding hydrogens is 727 g/mol. The number of esters is 1. The number of hydrogen-bond acceptors (Lipinski definition) is 9. The van der Waals surface area contributed by atoms with Gasteiger partial charge in [0, 0.05) is 27.1 Å². The Balaban J connectivity index is 2.28. The van der Waals surface area contributed by atoms with Gasteiger partial charge in [-0.25, -0.2) is 4.79 Å². The van der Waals surface area contributed by atoms with Crippen molar-refractivity contribution in [2.24, 2.45) is 0 Å². The van der Waals surface area contributed by atoms with Crippen LogP contribution in [0, 0.1) is 0 Å². The molecule has 2 saturated heterocycles. The lowest BCUT2D eigenvalue weighted by Crippen LogP contribution is -2.70. The Hall–Kier alpha value is -1.08. The van der Waals surface area contributed by atoms with Gasteiger partial charge >= 0.3 is 5.97 Å². The van der Waals surface area contributed by atoms with Gasteiger partial charge in [0.25, 0.3) is 5.79 Å². The molecule has 0 unspecified atom stereocenters. The van der Waals surface area contributed by atoms with Crippen LogP contribution in [-0.4, -0.2) is 89.2 Å². The van der Waals surface area contributed by atoms with Crippen LogP contribution >= 0.6 is 0 Å². The summed E-state index contributed by atoms with van der Waals surface area (Å²) in [6.07, 6.45) is 21.4. The van der Waals surface area contributed by atoms with Crippen LogP contribution in [0.4, 0.5) is 0 Å². The van der Waals surface area contributed by atoms with Crippen molar-refractivity contribution >= 4 is 20.2 Å². The van der Waals surface area contributed by atoms with Gasteiger partial charge in [-0.2, -0.15) is 0 Å². The van der Waals surface area contributed by atoms with Gasteiger partial charge in [-0.05, 0) is 44.8 Å². The number of ether oxygens (including phenoxy) is 6. The molecule has 1 N–H and O–H groups in total. The van der Waals surface area contributed by atoms with Crippen LogP contribution in [0.25, 0.3) is 0 Å². The number of rotatable bonds is 30. The van der Waals surface area contributed by atoms with Gasteiger partial charge in [0.15, 0.2) is 14.1 Å². The average Bonchev–Trinajstić information content (AvgIpc) is 3.49. The van der Waals surface area contributed by atoms with Crippen molar-refractivity contribution in [3.05, 3.63) is 0 Å². The predicted molar refractivity (Wildman–Crippen MR) is 228 cm³/mol. The fourth-order valence-corrected chi connectivity index (χ4v) is 8.95. The first-order valence-corrected chi connectivity index (χ1v) is 25.7. The molecule has 2 fully saturated rings. The Kier molecular flexibility index (Phi) is 23.9. The van der Waals surface area contributed by atoms with Crippen molar-refractivity contribution in [3.8, 4) is 0 Å². The zero-order valence-corrected chi connectivity index (χ0v) is 39.0. The highest BCUT2D eigenvalue weighted by molar-refractivity contribution is 6.74. The van der Waals surface area contributed by atoms with E-state index >= 15 is 0 Å². The molecule has 6 atom stereocenters. The van der Waals surface area contributed by atoms with Gasteiger partial charge in [0.05, 0.1) is 25.4 Å². The van der Waals surface area contributed by atoms with Gasteiger partial charge in [-0.1, -0.05) is 150 Å². The summed E-state index contributed by atoms with van der Waals surface area (Å²) in [5.41, 5.74) is 0. The van der Waals surface area contributed by atoms with Gasteiger partial charge in [0.2, 0.25) is 5.91 Å². The second-order valence-electron chi connectivity index (χ2n) is 18.6. The number of carbonyl (C=O) groups excluding carboxylic acids is 2. The number of amides is 1. The van der Waals surface area contributed by atoms with Crippen LogP contribution in [0.5, 0.6) is 0 Å². The molecule has 2 rings (SSSR count). The SMILES string of the molecule is CCCCCCCCCCCCOC(=O)[C@]1(OC)C[C@H](O[Si](C)(C)C(C)(C)C)[C@@H](NC(C)=O)[C@H]([C@H](OCCCCCCCCCCCC)[C@H]2COC(C)(C)O2)O1. The van der Waals surface area contributed by atoms with Crippen molar-refractivity contribution in [1.29, 1.82) is 0 Å². The van der Waals surface area contributed by atoms with E-state index in [0.717, 1.165) is 38.5 Å². The van der Waals surface area contributed by atoms with E-state index in [0.29, 0.717) is 6.61 Å². The summed E-state index contributed by atoms with van der Waals surface area (Å²) < 4.78 is 45.2. The second kappa shape index (κ2) is 26.2. The Labute approximate surface area is 344 Å². The van der Waals surface area contributed by atoms with Crippen LogP contribution in [0.1, 0.15) is 190 Å². The summed E-state index contributed by atoms with van der Waals surface area (Å²) in [7, 11) is -0.955. The van der Waals surface area contributed by atoms with Crippen LogP contribution < -0.4 is 5.32 Å². The first kappa shape index (κ1) is 51.1. The van der Waals surface area contributed by atoms with Gasteiger partial charge in [-0.15, -0.1) is 0 Å². The highest BCUT2D eigenvalue weighted by atomic mass is 28.4. The molecule has 330 valence electrons. The molecule has 56 heavy (non-hydrogen) atoms. The van der Waals surface area contributed by atoms with Crippen molar-refractivity contribution in [1.82, 2.24) is 5.32 Å². The van der Waals surface area contributed by atoms with Gasteiger partial charge in [-0.3, -0.25) is 4.79 Å². The summed E-state index contributed by atoms with van der Waals surface area (Å²) in [5, 5.41) is 3.03. The fourth-order valence-electron chi connectivity index (χ4n) is 7.61. The molecule has 0 bridgehead atoms. The van der Waals surface area contributed by atoms with E-state index in [1.165, 1.54) is 104 Å². The number of carbonyl (C=O) groups is 2. The summed E-state index contributed by atoms with van der Waals surface area (Å²) in [5.74, 6) is -3.40. The van der Waals surface area contributed by atoms with E-state index < -0.39 is 56.3 Å². The molecule has 0 saturated carbocycles. The Morgan fingerprint density at radius 1 is 0.768 bits per heavy atom. The van der Waals surface area contributed by atoms with E-state index in [-0.39, 0.29) is 30.6 Å². The Bertz CT molecular complexity index is 1080. The third-order valence-corrected chi connectivity index (χ3v) is 16.6. The zero-order chi connectivity index (χ0) is 41.7. The third kappa shape index (κ3) is 18.0. The largest absolute Gasteiger partial charge is 0.462 e. The van der Waals surface area contributed by atoms with E-state index in [1.54, 1.807) is 0 Å². The molecule has 1 amide bonds. The molecule has 2 heterocycles. The summed E-state index contributed by atoms with van der Waals surface area (Å²) in [6, 6.07) is -0.648. The topological polar surface area (TPSA) is 111 Å². The molecule has 2 aliphatic rings. The number of hydrogen-bond donors (Lipinski definition) is 1. The number of unbranched alkanes of at least 4 members (excludes halogenated alkanes) is 18. The highest BCUT2D eigenvalue weighted by Crippen LogP contribution is 2.43. The van der Waals surface area contributed by atoms with Crippen molar-refractivity contribution < 1.29 is 42.4 Å². The first-order valence-electron chi connectivity index (χ1n) is 22.8. The quantitative estimate of drug-likeness (QED) is 0.0430. The maximum Gasteiger partial charge on any atom is 0.366 e. The summed E-state index contributed by atoms with van der Waals surface area (Å²) in [6.45, 7) is 21.7. The van der Waals surface area contributed by atoms with Crippen LogP contribution in [0.15, 0.2) is 0 Å². The Morgan fingerprint density at radius 2 is 1.25 bits per heavy atom. The average molecular weight is 814 g/mol. The summed E-state index contributed by atoms with van der Waals surface area (Å²) in [4.78, 5) is 27.1. The van der Waals surface area contributed by atoms with Crippen molar-refractivity contribution in [3.63, 3.8) is 0 Å². The van der Waals surface area contributed by atoms with Crippen molar-refractivity contribution in [2.75, 3.05) is 26.9 Å². The molecule has 0 aromatic heterocycles. The van der Waals surface area contributed by atoms with Gasteiger partial charge < -0.3 is 38.2 Å². The lowest BCUT2D eigenvalue weighted by Gasteiger charge is -2.51. The van der Waals surface area contributed by atoms with E-state index in [9.17, 15) is 9.59 Å². The predicted octanol–water partition coefficient (Wildman–Crippen LogP) is 10.9. The van der Waals surface area contributed by atoms with E-state index in [2.05, 4.69) is 53.0 Å². The lowest BCUT2D eigenvalue weighted by atomic mass is 9.88. The van der Waals surface area contributed by atoms with Crippen LogP contribution in [0.2, 0.25) is 18.1 Å². The molecule has 0 aromatic carbocycles. The molecule has 10 nitrogen and oxygen atoms in total. The molecule has 2 aliphatic heterocycles. The van der Waals surface area contributed by atoms with Gasteiger partial charge in [0.1, 0.15) is 18.3 Å². The molecule has 11 heteroatoms. The maximum atomic E-state index is 14.2. The zero-order valence-electron chi connectivity index (χ0n) is 38.0. The second-order valence-corrected chi connectivity index (χ2v) is 23.3. The summed E-state index contributed by atoms with van der Waals surface area (Å²) >= 11 is 0. The maximum absolute atomic E-state index is 14.2. The monoisotopic (exact) mass is 814 g/mol. The smallest absolute Gasteiger partial charge is 0.366 e. The number of nitrogens with one attached hydrogen (secondary N) is 1. The highest BCUT2D eigenvalue weighted by Gasteiger charge is 2.59. The Morgan fingerprint density at radius 3 is 1.68 bits per heavy atom. The number of methoxy groups -OCH3 is 1. The van der Waals surface area contributed by atoms with Crippen molar-refractivity contribution in [2.45, 2.75) is 250 Å². The first-order chi connectivity index (χ1) is 26.5. The molecular formula is C45H87NO9Si. The minimum Gasteiger partial charge on any atom is -0.462 e. The van der Waals surface area contributed by atoms with E-state index in [4.69, 9.17) is 32.8 Å². The molecule has 0 radical (unpaired) electrons. The lowest BCUT2D eigenvalue weighted by molar-refractivity contribution is -0.308. The molecule has 0 aliphatic carbocycles. The third-order valence-electron chi connectivity index (χ3n) is 12.1. The van der Waals surface area contributed by atoms with Crippen LogP contribution in [-0.2, 0) is 42.4 Å².